The van der Waals surface area contributed by atoms with Gasteiger partial charge in [-0.3, -0.25) is 4.90 Å². The third-order valence-electron chi connectivity index (χ3n) is 7.18. The molecule has 0 aliphatic carbocycles. The molecule has 12 heteroatoms. The van der Waals surface area contributed by atoms with Crippen LogP contribution in [0.5, 0.6) is 5.75 Å². The second kappa shape index (κ2) is 13.8. The van der Waals surface area contributed by atoms with Gasteiger partial charge in [0.15, 0.2) is 6.61 Å². The Labute approximate surface area is 257 Å². The molecule has 0 spiro atoms. The molecule has 3 aromatic rings. The van der Waals surface area contributed by atoms with Crippen LogP contribution in [0, 0.1) is 0 Å². The van der Waals surface area contributed by atoms with Gasteiger partial charge in [0.05, 0.1) is 22.0 Å². The summed E-state index contributed by atoms with van der Waals surface area (Å²) in [6.45, 7) is 5.53. The minimum atomic E-state index is -4.39. The Morgan fingerprint density at radius 1 is 0.857 bits per heavy atom. The smallest absolute Gasteiger partial charge is 0.416 e. The van der Waals surface area contributed by atoms with Gasteiger partial charge in [0.2, 0.25) is 0 Å². The van der Waals surface area contributed by atoms with Crippen molar-refractivity contribution in [3.05, 3.63) is 76.3 Å². The molecule has 3 aromatic carbocycles. The summed E-state index contributed by atoms with van der Waals surface area (Å²) in [7, 11) is 0. The molecular formula is C30H30Cl2F3N3O3S. The molecule has 6 nitrogen and oxygen atoms in total. The van der Waals surface area contributed by atoms with E-state index in [-0.39, 0.29) is 13.2 Å². The van der Waals surface area contributed by atoms with Gasteiger partial charge in [-0.25, -0.2) is 4.79 Å². The van der Waals surface area contributed by atoms with Crippen molar-refractivity contribution in [3.63, 3.8) is 0 Å². The first-order valence-electron chi connectivity index (χ1n) is 13.6. The summed E-state index contributed by atoms with van der Waals surface area (Å²) in [5.41, 5.74) is 0.913. The van der Waals surface area contributed by atoms with E-state index in [0.29, 0.717) is 34.6 Å². The number of para-hydroxylation sites is 1. The summed E-state index contributed by atoms with van der Waals surface area (Å²) in [6, 6.07) is 16.6. The van der Waals surface area contributed by atoms with Gasteiger partial charge < -0.3 is 19.3 Å². The predicted molar refractivity (Wildman–Crippen MR) is 159 cm³/mol. The number of rotatable bonds is 10. The van der Waals surface area contributed by atoms with E-state index in [1.807, 2.05) is 29.2 Å². The fourth-order valence-electron chi connectivity index (χ4n) is 4.99. The zero-order valence-electron chi connectivity index (χ0n) is 22.7. The molecule has 0 N–H and O–H groups in total. The molecule has 0 saturated carbocycles. The van der Waals surface area contributed by atoms with Crippen LogP contribution < -0.4 is 9.64 Å². The maximum absolute atomic E-state index is 13.5. The molecule has 42 heavy (non-hydrogen) atoms. The van der Waals surface area contributed by atoms with Crippen LogP contribution in [0.3, 0.4) is 0 Å². The Bertz CT molecular complexity index is 1400. The maximum atomic E-state index is 13.5. The molecule has 224 valence electrons. The summed E-state index contributed by atoms with van der Waals surface area (Å²) in [5, 5.41) is 0.809. The molecule has 0 radical (unpaired) electrons. The predicted octanol–water partition coefficient (Wildman–Crippen LogP) is 7.24. The van der Waals surface area contributed by atoms with E-state index >= 15 is 0 Å². The molecule has 2 aliphatic rings. The summed E-state index contributed by atoms with van der Waals surface area (Å²) in [4.78, 5) is 20.6. The summed E-state index contributed by atoms with van der Waals surface area (Å²) in [5.74, 6) is -0.103. The first kappa shape index (κ1) is 30.8. The highest BCUT2D eigenvalue weighted by molar-refractivity contribution is 7.99. The Morgan fingerprint density at radius 3 is 2.31 bits per heavy atom. The molecule has 0 atom stereocenters. The van der Waals surface area contributed by atoms with Gasteiger partial charge in [-0.2, -0.15) is 13.2 Å². The molecule has 0 amide bonds. The minimum Gasteiger partial charge on any atom is -0.480 e. The number of hydrogen-bond donors (Lipinski definition) is 0. The standard InChI is InChI=1S/C30H30Cl2F3N3O3S/c31-22-7-8-26(23(32)19-22)41-20-29(39)40-17-16-37-14-12-36(13-15-37)10-3-11-38-24-4-1-2-5-27(24)42-28-9-6-21(18-25(28)38)30(33,34)35/h1-2,4-9,18-19H,3,10-17,20H2. The fourth-order valence-corrected chi connectivity index (χ4v) is 6.53. The molecular weight excluding hydrogens is 610 g/mol. The third kappa shape index (κ3) is 7.85. The third-order valence-corrected chi connectivity index (χ3v) is 8.84. The molecule has 2 aliphatic heterocycles. The average Bonchev–Trinajstić information content (AvgIpc) is 2.96. The van der Waals surface area contributed by atoms with E-state index in [1.54, 1.807) is 24.3 Å². The van der Waals surface area contributed by atoms with Crippen LogP contribution in [0.1, 0.15) is 12.0 Å². The first-order chi connectivity index (χ1) is 20.2. The van der Waals surface area contributed by atoms with Crippen LogP contribution in [0.25, 0.3) is 0 Å². The van der Waals surface area contributed by atoms with Gasteiger partial charge in [-0.15, -0.1) is 0 Å². The van der Waals surface area contributed by atoms with Gasteiger partial charge in [0, 0.05) is 54.1 Å². The molecule has 0 aromatic heterocycles. The summed E-state index contributed by atoms with van der Waals surface area (Å²) in [6.07, 6.45) is -3.58. The van der Waals surface area contributed by atoms with Crippen LogP contribution in [0.15, 0.2) is 70.5 Å². The number of carbonyl (C=O) groups is 1. The monoisotopic (exact) mass is 639 g/mol. The number of alkyl halides is 3. The lowest BCUT2D eigenvalue weighted by molar-refractivity contribution is -0.146. The van der Waals surface area contributed by atoms with Crippen molar-refractivity contribution >= 4 is 52.3 Å². The van der Waals surface area contributed by atoms with Crippen molar-refractivity contribution in [2.75, 3.05) is 63.9 Å². The number of benzene rings is 3. The number of hydrogen-bond acceptors (Lipinski definition) is 7. The van der Waals surface area contributed by atoms with E-state index in [1.165, 1.54) is 17.8 Å². The van der Waals surface area contributed by atoms with E-state index in [0.717, 1.165) is 60.7 Å². The summed E-state index contributed by atoms with van der Waals surface area (Å²) < 4.78 is 51.1. The second-order valence-corrected chi connectivity index (χ2v) is 11.9. The molecule has 1 saturated heterocycles. The molecule has 0 bridgehead atoms. The Morgan fingerprint density at radius 2 is 1.57 bits per heavy atom. The van der Waals surface area contributed by atoms with Crippen LogP contribution in [-0.4, -0.2) is 74.8 Å². The highest BCUT2D eigenvalue weighted by Gasteiger charge is 2.33. The van der Waals surface area contributed by atoms with Crippen molar-refractivity contribution in [1.82, 2.24) is 9.80 Å². The molecule has 1 fully saturated rings. The maximum Gasteiger partial charge on any atom is 0.416 e. The number of halogens is 5. The van der Waals surface area contributed by atoms with Crippen LogP contribution >= 0.6 is 35.0 Å². The number of ether oxygens (including phenoxy) is 2. The van der Waals surface area contributed by atoms with Crippen molar-refractivity contribution in [2.24, 2.45) is 0 Å². The largest absolute Gasteiger partial charge is 0.480 e. The number of carbonyl (C=O) groups excluding carboxylic acids is 1. The normalized spacial score (nSPS) is 15.7. The average molecular weight is 641 g/mol. The number of nitrogens with zero attached hydrogens (tertiary/aromatic N) is 3. The van der Waals surface area contributed by atoms with E-state index in [4.69, 9.17) is 32.7 Å². The minimum absolute atomic E-state index is 0.239. The zero-order valence-corrected chi connectivity index (χ0v) is 25.0. The summed E-state index contributed by atoms with van der Waals surface area (Å²) >= 11 is 13.4. The lowest BCUT2D eigenvalue weighted by Crippen LogP contribution is -2.47. The van der Waals surface area contributed by atoms with E-state index in [9.17, 15) is 18.0 Å². The van der Waals surface area contributed by atoms with Crippen LogP contribution in [-0.2, 0) is 15.7 Å². The number of anilines is 2. The molecule has 5 rings (SSSR count). The lowest BCUT2D eigenvalue weighted by atomic mass is 10.1. The van der Waals surface area contributed by atoms with Crippen molar-refractivity contribution in [2.45, 2.75) is 22.4 Å². The molecule has 0 unspecified atom stereocenters. The second-order valence-electron chi connectivity index (χ2n) is 10.0. The number of fused-ring (bicyclic) bond motifs is 2. The van der Waals surface area contributed by atoms with Crippen molar-refractivity contribution in [1.29, 1.82) is 0 Å². The van der Waals surface area contributed by atoms with Crippen molar-refractivity contribution in [3.8, 4) is 5.75 Å². The Balaban J connectivity index is 1.05. The Hall–Kier alpha value is -2.63. The molecule has 2 heterocycles. The van der Waals surface area contributed by atoms with E-state index < -0.39 is 17.7 Å². The Kier molecular flexibility index (Phi) is 10.1. The van der Waals surface area contributed by atoms with Gasteiger partial charge in [0.25, 0.3) is 0 Å². The highest BCUT2D eigenvalue weighted by Crippen LogP contribution is 2.49. The van der Waals surface area contributed by atoms with E-state index in [2.05, 4.69) is 9.80 Å². The number of piperazine rings is 1. The van der Waals surface area contributed by atoms with Crippen LogP contribution in [0.2, 0.25) is 10.0 Å². The lowest BCUT2D eigenvalue weighted by Gasteiger charge is -2.36. The first-order valence-corrected chi connectivity index (χ1v) is 15.2. The number of esters is 1. The van der Waals surface area contributed by atoms with Crippen molar-refractivity contribution < 1.29 is 27.4 Å². The van der Waals surface area contributed by atoms with Gasteiger partial charge >= 0.3 is 12.1 Å². The topological polar surface area (TPSA) is 45.3 Å². The fraction of sp³-hybridized carbons (Fsp3) is 0.367. The van der Waals surface area contributed by atoms with Gasteiger partial charge in [0.1, 0.15) is 12.4 Å². The van der Waals surface area contributed by atoms with Gasteiger partial charge in [-0.05, 0) is 61.5 Å². The van der Waals surface area contributed by atoms with Crippen LogP contribution in [0.4, 0.5) is 24.5 Å². The van der Waals surface area contributed by atoms with Gasteiger partial charge in [-0.1, -0.05) is 47.1 Å². The highest BCUT2D eigenvalue weighted by atomic mass is 35.5. The SMILES string of the molecule is O=C(COc1ccc(Cl)cc1Cl)OCCN1CCN(CCCN2c3ccccc3Sc3ccc(C(F)(F)F)cc32)CC1. The quantitative estimate of drug-likeness (QED) is 0.217. The zero-order chi connectivity index (χ0) is 29.7.